The van der Waals surface area contributed by atoms with Crippen LogP contribution in [0.15, 0.2) is 60.8 Å². The first-order valence-corrected chi connectivity index (χ1v) is 6.20. The lowest BCUT2D eigenvalue weighted by atomic mass is 10.1. The zero-order chi connectivity index (χ0) is 13.8. The van der Waals surface area contributed by atoms with Crippen LogP contribution in [0.4, 0.5) is 0 Å². The summed E-state index contributed by atoms with van der Waals surface area (Å²) in [6.45, 7) is 0. The molecule has 0 saturated carbocycles. The van der Waals surface area contributed by atoms with Crippen LogP contribution in [-0.2, 0) is 4.84 Å². The number of hydrogen-bond donors (Lipinski definition) is 1. The van der Waals surface area contributed by atoms with Crippen LogP contribution in [0.1, 0.15) is 11.7 Å². The first-order chi connectivity index (χ1) is 9.85. The summed E-state index contributed by atoms with van der Waals surface area (Å²) < 4.78 is 10.7. The Bertz CT molecular complexity index is 596. The van der Waals surface area contributed by atoms with Crippen molar-refractivity contribution in [3.05, 3.63) is 66.3 Å². The van der Waals surface area contributed by atoms with Crippen LogP contribution in [0, 0.1) is 0 Å². The summed E-state index contributed by atoms with van der Waals surface area (Å²) in [5.41, 5.74) is 3.78. The van der Waals surface area contributed by atoms with E-state index in [-0.39, 0.29) is 6.10 Å². The first-order valence-electron chi connectivity index (χ1n) is 6.20. The van der Waals surface area contributed by atoms with E-state index in [2.05, 4.69) is 10.5 Å². The summed E-state index contributed by atoms with van der Waals surface area (Å²) in [5, 5.41) is 0. The van der Waals surface area contributed by atoms with Crippen molar-refractivity contribution in [1.29, 1.82) is 0 Å². The van der Waals surface area contributed by atoms with Crippen LogP contribution in [0.5, 0.6) is 11.5 Å². The van der Waals surface area contributed by atoms with Crippen LogP contribution in [-0.4, -0.2) is 12.1 Å². The average Bonchev–Trinajstić information content (AvgIpc) is 2.97. The minimum atomic E-state index is -0.187. The number of hydrogen-bond acceptors (Lipinski definition) is 5. The molecule has 0 aliphatic carbocycles. The van der Waals surface area contributed by atoms with Crippen LogP contribution >= 0.6 is 0 Å². The SMILES string of the molecule is COc1ccc(C2C=C(Oc3cccnc3)NO2)cc1. The lowest BCUT2D eigenvalue weighted by Gasteiger charge is -2.08. The van der Waals surface area contributed by atoms with Gasteiger partial charge in [0.1, 0.15) is 17.6 Å². The fourth-order valence-electron chi connectivity index (χ4n) is 1.87. The van der Waals surface area contributed by atoms with Gasteiger partial charge in [0, 0.05) is 12.3 Å². The second-order valence-corrected chi connectivity index (χ2v) is 4.24. The van der Waals surface area contributed by atoms with E-state index in [0.29, 0.717) is 11.6 Å². The number of rotatable bonds is 4. The summed E-state index contributed by atoms with van der Waals surface area (Å²) in [6.07, 6.45) is 5.02. The second kappa shape index (κ2) is 5.63. The molecule has 0 radical (unpaired) electrons. The van der Waals surface area contributed by atoms with E-state index in [0.717, 1.165) is 11.3 Å². The Morgan fingerprint density at radius 1 is 1.15 bits per heavy atom. The van der Waals surface area contributed by atoms with E-state index in [1.807, 2.05) is 42.5 Å². The van der Waals surface area contributed by atoms with Gasteiger partial charge in [-0.3, -0.25) is 9.82 Å². The molecular formula is C15H14N2O3. The fraction of sp³-hybridized carbons (Fsp3) is 0.133. The normalized spacial score (nSPS) is 17.2. The van der Waals surface area contributed by atoms with Crippen molar-refractivity contribution in [2.45, 2.75) is 6.10 Å². The number of aromatic nitrogens is 1. The summed E-state index contributed by atoms with van der Waals surface area (Å²) in [7, 11) is 1.64. The van der Waals surface area contributed by atoms with E-state index in [4.69, 9.17) is 14.3 Å². The van der Waals surface area contributed by atoms with Crippen molar-refractivity contribution in [1.82, 2.24) is 10.5 Å². The average molecular weight is 270 g/mol. The molecule has 102 valence electrons. The number of nitrogens with zero attached hydrogens (tertiary/aromatic N) is 1. The van der Waals surface area contributed by atoms with Gasteiger partial charge in [-0.15, -0.1) is 0 Å². The standard InChI is InChI=1S/C15H14N2O3/c1-18-12-6-4-11(5-7-12)14-9-15(17-20-14)19-13-3-2-8-16-10-13/h2-10,14,17H,1H3. The third-order valence-electron chi connectivity index (χ3n) is 2.90. The Hall–Kier alpha value is -2.53. The van der Waals surface area contributed by atoms with Crippen molar-refractivity contribution in [2.24, 2.45) is 0 Å². The lowest BCUT2D eigenvalue weighted by Crippen LogP contribution is -2.12. The molecule has 1 N–H and O–H groups in total. The van der Waals surface area contributed by atoms with Crippen molar-refractivity contribution in [2.75, 3.05) is 7.11 Å². The molecule has 1 aliphatic rings. The highest BCUT2D eigenvalue weighted by atomic mass is 16.7. The lowest BCUT2D eigenvalue weighted by molar-refractivity contribution is 0.0273. The van der Waals surface area contributed by atoms with Gasteiger partial charge >= 0.3 is 0 Å². The molecule has 0 fully saturated rings. The van der Waals surface area contributed by atoms with Gasteiger partial charge in [-0.25, -0.2) is 5.48 Å². The number of pyridine rings is 1. The molecule has 1 unspecified atom stereocenters. The van der Waals surface area contributed by atoms with Crippen LogP contribution in [0.3, 0.4) is 0 Å². The summed E-state index contributed by atoms with van der Waals surface area (Å²) in [6, 6.07) is 11.3. The Morgan fingerprint density at radius 2 is 2.00 bits per heavy atom. The highest BCUT2D eigenvalue weighted by Gasteiger charge is 2.19. The summed E-state index contributed by atoms with van der Waals surface area (Å²) in [5.74, 6) is 2.03. The van der Waals surface area contributed by atoms with Crippen molar-refractivity contribution in [3.63, 3.8) is 0 Å². The molecule has 0 amide bonds. The van der Waals surface area contributed by atoms with Crippen LogP contribution < -0.4 is 15.0 Å². The number of benzene rings is 1. The van der Waals surface area contributed by atoms with Gasteiger partial charge in [-0.05, 0) is 29.8 Å². The number of methoxy groups -OCH3 is 1. The first kappa shape index (κ1) is 12.5. The highest BCUT2D eigenvalue weighted by Crippen LogP contribution is 2.26. The molecular weight excluding hydrogens is 256 g/mol. The molecule has 1 aliphatic heterocycles. The van der Waals surface area contributed by atoms with Gasteiger partial charge in [0.2, 0.25) is 5.88 Å². The zero-order valence-electron chi connectivity index (χ0n) is 10.9. The fourth-order valence-corrected chi connectivity index (χ4v) is 1.87. The maximum atomic E-state index is 5.61. The molecule has 5 heteroatoms. The molecule has 2 heterocycles. The number of hydroxylamine groups is 1. The predicted molar refractivity (Wildman–Crippen MR) is 72.9 cm³/mol. The smallest absolute Gasteiger partial charge is 0.216 e. The van der Waals surface area contributed by atoms with Gasteiger partial charge in [0.15, 0.2) is 0 Å². The highest BCUT2D eigenvalue weighted by molar-refractivity contribution is 5.31. The van der Waals surface area contributed by atoms with Gasteiger partial charge in [-0.2, -0.15) is 0 Å². The molecule has 1 aromatic heterocycles. The molecule has 0 spiro atoms. The molecule has 20 heavy (non-hydrogen) atoms. The third kappa shape index (κ3) is 2.73. The van der Waals surface area contributed by atoms with Gasteiger partial charge in [0.25, 0.3) is 0 Å². The Kier molecular flexibility index (Phi) is 3.52. The topological polar surface area (TPSA) is 52.6 Å². The molecule has 3 rings (SSSR count). The van der Waals surface area contributed by atoms with Gasteiger partial charge in [-0.1, -0.05) is 12.1 Å². The molecule has 0 saturated heterocycles. The van der Waals surface area contributed by atoms with E-state index >= 15 is 0 Å². The van der Waals surface area contributed by atoms with Crippen LogP contribution in [0.2, 0.25) is 0 Å². The molecule has 0 bridgehead atoms. The third-order valence-corrected chi connectivity index (χ3v) is 2.90. The number of nitrogens with one attached hydrogen (secondary N) is 1. The van der Waals surface area contributed by atoms with E-state index < -0.39 is 0 Å². The molecule has 5 nitrogen and oxygen atoms in total. The minimum Gasteiger partial charge on any atom is -0.497 e. The zero-order valence-corrected chi connectivity index (χ0v) is 10.9. The maximum Gasteiger partial charge on any atom is 0.216 e. The molecule has 2 aromatic rings. The van der Waals surface area contributed by atoms with Crippen LogP contribution in [0.25, 0.3) is 0 Å². The van der Waals surface area contributed by atoms with Gasteiger partial charge in [0.05, 0.1) is 13.3 Å². The maximum absolute atomic E-state index is 5.61. The quantitative estimate of drug-likeness (QED) is 0.925. The van der Waals surface area contributed by atoms with Crippen molar-refractivity contribution < 1.29 is 14.3 Å². The van der Waals surface area contributed by atoms with E-state index in [1.165, 1.54) is 0 Å². The Labute approximate surface area is 116 Å². The molecule has 1 aromatic carbocycles. The minimum absolute atomic E-state index is 0.187. The summed E-state index contributed by atoms with van der Waals surface area (Å²) >= 11 is 0. The van der Waals surface area contributed by atoms with E-state index in [9.17, 15) is 0 Å². The second-order valence-electron chi connectivity index (χ2n) is 4.24. The largest absolute Gasteiger partial charge is 0.497 e. The molecule has 1 atom stereocenters. The monoisotopic (exact) mass is 270 g/mol. The Morgan fingerprint density at radius 3 is 2.70 bits per heavy atom. The van der Waals surface area contributed by atoms with Crippen molar-refractivity contribution >= 4 is 0 Å². The van der Waals surface area contributed by atoms with Gasteiger partial charge < -0.3 is 9.47 Å². The number of ether oxygens (including phenoxy) is 2. The van der Waals surface area contributed by atoms with Crippen molar-refractivity contribution in [3.8, 4) is 11.5 Å². The Balaban J connectivity index is 1.70. The summed E-state index contributed by atoms with van der Waals surface area (Å²) in [4.78, 5) is 9.46. The predicted octanol–water partition coefficient (Wildman–Crippen LogP) is 2.59. The van der Waals surface area contributed by atoms with E-state index in [1.54, 1.807) is 19.5 Å².